The first-order chi connectivity index (χ1) is 6.83. The first kappa shape index (κ1) is 8.82. The molecule has 0 radical (unpaired) electrons. The monoisotopic (exact) mass is 193 g/mol. The Morgan fingerprint density at radius 1 is 1.50 bits per heavy atom. The lowest BCUT2D eigenvalue weighted by Gasteiger charge is -2.03. The van der Waals surface area contributed by atoms with Gasteiger partial charge in [-0.2, -0.15) is 0 Å². The average Bonchev–Trinajstić information content (AvgIpc) is 2.74. The fourth-order valence-electron chi connectivity index (χ4n) is 1.26. The van der Waals surface area contributed by atoms with Gasteiger partial charge in [-0.1, -0.05) is 5.10 Å². The number of imidazole rings is 1. The summed E-state index contributed by atoms with van der Waals surface area (Å²) in [6, 6.07) is 0. The molecule has 0 bridgehead atoms. The summed E-state index contributed by atoms with van der Waals surface area (Å²) in [5.74, 6) is 1.51. The van der Waals surface area contributed by atoms with E-state index in [-0.39, 0.29) is 0 Å². The second-order valence-corrected chi connectivity index (χ2v) is 2.85. The van der Waals surface area contributed by atoms with E-state index in [1.54, 1.807) is 17.9 Å². The van der Waals surface area contributed by atoms with Gasteiger partial charge in [0.25, 0.3) is 5.95 Å². The maximum Gasteiger partial charge on any atom is 0.254 e. The van der Waals surface area contributed by atoms with Crippen LogP contribution in [0, 0.1) is 0 Å². The zero-order valence-electron chi connectivity index (χ0n) is 7.83. The second-order valence-electron chi connectivity index (χ2n) is 2.85. The van der Waals surface area contributed by atoms with Crippen LogP contribution in [0.4, 0.5) is 0 Å². The minimum atomic E-state index is 0.558. The van der Waals surface area contributed by atoms with E-state index in [0.29, 0.717) is 18.9 Å². The Morgan fingerprint density at radius 2 is 2.36 bits per heavy atom. The number of aryl methyl sites for hydroxylation is 1. The number of nitrogens with zero attached hydrogens (tertiary/aromatic N) is 6. The number of rotatable bonds is 3. The van der Waals surface area contributed by atoms with E-state index in [2.05, 4.69) is 20.5 Å². The Balaban J connectivity index is 2.41. The summed E-state index contributed by atoms with van der Waals surface area (Å²) >= 11 is 0. The van der Waals surface area contributed by atoms with Crippen molar-refractivity contribution in [3.8, 4) is 5.95 Å². The molecule has 2 aromatic heterocycles. The van der Waals surface area contributed by atoms with Gasteiger partial charge in [0.1, 0.15) is 5.82 Å². The van der Waals surface area contributed by atoms with Gasteiger partial charge in [0.2, 0.25) is 0 Å². The second kappa shape index (κ2) is 3.54. The lowest BCUT2D eigenvalue weighted by molar-refractivity contribution is 0.680. The normalized spacial score (nSPS) is 10.7. The largest absolute Gasteiger partial charge is 0.330 e. The molecule has 0 spiro atoms. The van der Waals surface area contributed by atoms with Crippen LogP contribution < -0.4 is 5.73 Å². The first-order valence-electron chi connectivity index (χ1n) is 4.28. The molecule has 7 nitrogen and oxygen atoms in total. The molecule has 0 aromatic carbocycles. The molecule has 7 heteroatoms. The van der Waals surface area contributed by atoms with E-state index < -0.39 is 0 Å². The third-order valence-electron chi connectivity index (χ3n) is 1.90. The maximum atomic E-state index is 5.47. The third kappa shape index (κ3) is 1.37. The van der Waals surface area contributed by atoms with Crippen molar-refractivity contribution in [2.24, 2.45) is 12.8 Å². The first-order valence-corrected chi connectivity index (χ1v) is 4.28. The average molecular weight is 193 g/mol. The predicted molar refractivity (Wildman–Crippen MR) is 48.7 cm³/mol. The van der Waals surface area contributed by atoms with E-state index in [1.807, 2.05) is 10.8 Å². The minimum Gasteiger partial charge on any atom is -0.330 e. The van der Waals surface area contributed by atoms with Crippen molar-refractivity contribution in [2.75, 3.05) is 6.54 Å². The van der Waals surface area contributed by atoms with Crippen molar-refractivity contribution in [1.82, 2.24) is 29.8 Å². The van der Waals surface area contributed by atoms with Crippen LogP contribution in [0.2, 0.25) is 0 Å². The highest BCUT2D eigenvalue weighted by Gasteiger charge is 2.09. The van der Waals surface area contributed by atoms with Gasteiger partial charge in [0, 0.05) is 25.9 Å². The third-order valence-corrected chi connectivity index (χ3v) is 1.90. The molecule has 0 atom stereocenters. The molecule has 0 aliphatic rings. The molecule has 0 aliphatic heterocycles. The Kier molecular flexibility index (Phi) is 2.23. The summed E-state index contributed by atoms with van der Waals surface area (Å²) in [4.78, 5) is 4.18. The van der Waals surface area contributed by atoms with Gasteiger partial charge in [-0.3, -0.25) is 4.57 Å². The smallest absolute Gasteiger partial charge is 0.254 e. The summed E-state index contributed by atoms with van der Waals surface area (Å²) < 4.78 is 3.41. The number of tetrazole rings is 1. The van der Waals surface area contributed by atoms with E-state index in [0.717, 1.165) is 5.82 Å². The fourth-order valence-corrected chi connectivity index (χ4v) is 1.26. The maximum absolute atomic E-state index is 5.47. The lowest BCUT2D eigenvalue weighted by Crippen LogP contribution is -2.11. The van der Waals surface area contributed by atoms with Crippen LogP contribution in [0.1, 0.15) is 5.82 Å². The van der Waals surface area contributed by atoms with Crippen molar-refractivity contribution in [1.29, 1.82) is 0 Å². The zero-order chi connectivity index (χ0) is 9.97. The highest BCUT2D eigenvalue weighted by molar-refractivity contribution is 5.13. The SMILES string of the molecule is Cn1nnnc1-n1ccnc1CCN. The highest BCUT2D eigenvalue weighted by atomic mass is 15.6. The Hall–Kier alpha value is -1.76. The van der Waals surface area contributed by atoms with Crippen molar-refractivity contribution >= 4 is 0 Å². The van der Waals surface area contributed by atoms with Gasteiger partial charge in [-0.15, -0.1) is 0 Å². The molecule has 2 aromatic rings. The topological polar surface area (TPSA) is 87.4 Å². The van der Waals surface area contributed by atoms with Crippen LogP contribution in [0.3, 0.4) is 0 Å². The van der Waals surface area contributed by atoms with Gasteiger partial charge in [-0.25, -0.2) is 9.67 Å². The minimum absolute atomic E-state index is 0.558. The summed E-state index contributed by atoms with van der Waals surface area (Å²) in [7, 11) is 1.78. The van der Waals surface area contributed by atoms with Crippen LogP contribution in [0.15, 0.2) is 12.4 Å². The standard InChI is InChI=1S/C7H11N7/c1-13-7(10-11-12-13)14-5-4-9-6(14)2-3-8/h4-5H,2-3,8H2,1H3. The van der Waals surface area contributed by atoms with Gasteiger partial charge < -0.3 is 5.73 Å². The Morgan fingerprint density at radius 3 is 3.00 bits per heavy atom. The molecule has 0 aliphatic carbocycles. The molecule has 2 heterocycles. The molecule has 0 unspecified atom stereocenters. The summed E-state index contributed by atoms with van der Waals surface area (Å²) in [5, 5.41) is 11.2. The summed E-state index contributed by atoms with van der Waals surface area (Å²) in [5.41, 5.74) is 5.47. The molecular formula is C7H11N7. The van der Waals surface area contributed by atoms with Crippen LogP contribution in [0.25, 0.3) is 5.95 Å². The molecule has 14 heavy (non-hydrogen) atoms. The van der Waals surface area contributed by atoms with Crippen molar-refractivity contribution in [3.63, 3.8) is 0 Å². The van der Waals surface area contributed by atoms with Crippen LogP contribution in [0.5, 0.6) is 0 Å². The van der Waals surface area contributed by atoms with Gasteiger partial charge in [0.15, 0.2) is 0 Å². The molecule has 2 rings (SSSR count). The van der Waals surface area contributed by atoms with E-state index >= 15 is 0 Å². The van der Waals surface area contributed by atoms with E-state index in [1.165, 1.54) is 0 Å². The molecule has 74 valence electrons. The van der Waals surface area contributed by atoms with E-state index in [4.69, 9.17) is 5.73 Å². The predicted octanol–water partition coefficient (Wildman–Crippen LogP) is -1.10. The van der Waals surface area contributed by atoms with Crippen molar-refractivity contribution in [2.45, 2.75) is 6.42 Å². The quantitative estimate of drug-likeness (QED) is 0.668. The molecular weight excluding hydrogens is 182 g/mol. The molecule has 2 N–H and O–H groups in total. The van der Waals surface area contributed by atoms with Crippen molar-refractivity contribution in [3.05, 3.63) is 18.2 Å². The summed E-state index contributed by atoms with van der Waals surface area (Å²) in [6.07, 6.45) is 4.23. The molecule has 0 saturated carbocycles. The Bertz CT molecular complexity index is 415. The fraction of sp³-hybridized carbons (Fsp3) is 0.429. The number of hydrogen-bond donors (Lipinski definition) is 1. The van der Waals surface area contributed by atoms with Crippen molar-refractivity contribution < 1.29 is 0 Å². The van der Waals surface area contributed by atoms with Gasteiger partial charge in [0.05, 0.1) is 0 Å². The number of aromatic nitrogens is 6. The van der Waals surface area contributed by atoms with Gasteiger partial charge in [-0.05, 0) is 17.0 Å². The van der Waals surface area contributed by atoms with Gasteiger partial charge >= 0.3 is 0 Å². The molecule has 0 fully saturated rings. The number of hydrogen-bond acceptors (Lipinski definition) is 5. The van der Waals surface area contributed by atoms with E-state index in [9.17, 15) is 0 Å². The highest BCUT2D eigenvalue weighted by Crippen LogP contribution is 2.05. The van der Waals surface area contributed by atoms with Crippen LogP contribution in [-0.4, -0.2) is 36.3 Å². The van der Waals surface area contributed by atoms with Crippen LogP contribution in [-0.2, 0) is 13.5 Å². The zero-order valence-corrected chi connectivity index (χ0v) is 7.83. The lowest BCUT2D eigenvalue weighted by atomic mass is 10.4. The molecule has 0 saturated heterocycles. The molecule has 0 amide bonds. The summed E-state index contributed by atoms with van der Waals surface area (Å²) in [6.45, 7) is 0.558. The van der Waals surface area contributed by atoms with Crippen LogP contribution >= 0.6 is 0 Å². The number of nitrogens with two attached hydrogens (primary N) is 1. The Labute approximate surface area is 80.5 Å².